The first-order chi connectivity index (χ1) is 20.4. The summed E-state index contributed by atoms with van der Waals surface area (Å²) in [6.45, 7) is 7.03. The lowest BCUT2D eigenvalue weighted by atomic mass is 9.87. The van der Waals surface area contributed by atoms with Gasteiger partial charge in [-0.25, -0.2) is 27.7 Å². The molecular weight excluding hydrogens is 566 g/mol. The van der Waals surface area contributed by atoms with Gasteiger partial charge < -0.3 is 25.1 Å². The Morgan fingerprint density at radius 1 is 1.12 bits per heavy atom. The quantitative estimate of drug-likeness (QED) is 0.188. The van der Waals surface area contributed by atoms with Crippen LogP contribution in [0.2, 0.25) is 0 Å². The Bertz CT molecular complexity index is 1710. The molecule has 0 amide bonds. The topological polar surface area (TPSA) is 149 Å². The molecule has 1 aromatic carbocycles. The molecule has 4 N–H and O–H groups in total. The molecule has 2 unspecified atom stereocenters. The van der Waals surface area contributed by atoms with Gasteiger partial charge in [-0.15, -0.1) is 0 Å². The van der Waals surface area contributed by atoms with Crippen LogP contribution in [-0.2, 0) is 21.9 Å². The Morgan fingerprint density at radius 3 is 2.63 bits per heavy atom. The fourth-order valence-electron chi connectivity index (χ4n) is 6.21. The van der Waals surface area contributed by atoms with Crippen LogP contribution in [0.15, 0.2) is 36.8 Å². The van der Waals surface area contributed by atoms with Crippen LogP contribution in [0.5, 0.6) is 0 Å². The van der Waals surface area contributed by atoms with E-state index in [4.69, 9.17) is 4.98 Å². The summed E-state index contributed by atoms with van der Waals surface area (Å²) >= 11 is 0. The second-order valence-corrected chi connectivity index (χ2v) is 15.4. The number of aromatic nitrogens is 5. The zero-order valence-electron chi connectivity index (χ0n) is 25.4. The Balaban J connectivity index is 1.09. The molecule has 0 spiro atoms. The average molecular weight is 610 g/mol. The van der Waals surface area contributed by atoms with Gasteiger partial charge in [0, 0.05) is 37.7 Å². The first-order valence-electron chi connectivity index (χ1n) is 15.3. The first kappa shape index (κ1) is 30.0. The van der Waals surface area contributed by atoms with E-state index in [1.807, 2.05) is 16.8 Å². The molecule has 0 radical (unpaired) electrons. The number of benzene rings is 1. The zero-order valence-corrected chi connectivity index (χ0v) is 26.2. The van der Waals surface area contributed by atoms with Gasteiger partial charge >= 0.3 is 0 Å². The van der Waals surface area contributed by atoms with E-state index in [2.05, 4.69) is 59.2 Å². The van der Waals surface area contributed by atoms with Crippen LogP contribution in [-0.4, -0.2) is 85.0 Å². The lowest BCUT2D eigenvalue weighted by Crippen LogP contribution is -2.39. The molecule has 0 aliphatic heterocycles. The van der Waals surface area contributed by atoms with Crippen molar-refractivity contribution in [1.82, 2.24) is 28.8 Å². The van der Waals surface area contributed by atoms with Crippen LogP contribution < -0.4 is 5.32 Å². The largest absolute Gasteiger partial charge is 0.390 e. The van der Waals surface area contributed by atoms with Crippen molar-refractivity contribution < 1.29 is 18.6 Å². The van der Waals surface area contributed by atoms with Crippen molar-refractivity contribution in [2.24, 2.45) is 5.92 Å². The van der Waals surface area contributed by atoms with Crippen molar-refractivity contribution in [3.05, 3.63) is 48.2 Å². The molecule has 2 aliphatic rings. The molecule has 3 heterocycles. The van der Waals surface area contributed by atoms with E-state index in [1.54, 1.807) is 0 Å². The van der Waals surface area contributed by atoms with Crippen molar-refractivity contribution in [3.8, 4) is 0 Å². The molecule has 4 atom stereocenters. The number of aliphatic hydroxyl groups excluding tert-OH is 2. The number of rotatable bonds is 11. The smallest absolute Gasteiger partial charge is 0.211 e. The Kier molecular flexibility index (Phi) is 7.99. The van der Waals surface area contributed by atoms with Crippen molar-refractivity contribution in [2.75, 3.05) is 24.7 Å². The number of H-pyrrole nitrogens is 1. The van der Waals surface area contributed by atoms with Crippen LogP contribution >= 0.6 is 0 Å². The van der Waals surface area contributed by atoms with E-state index in [0.29, 0.717) is 37.5 Å². The molecule has 232 valence electrons. The number of aliphatic hydroxyl groups is 2. The van der Waals surface area contributed by atoms with Gasteiger partial charge in [-0.3, -0.25) is 0 Å². The highest BCUT2D eigenvalue weighted by Gasteiger charge is 2.44. The number of sulfonamides is 1. The van der Waals surface area contributed by atoms with Crippen LogP contribution in [0.25, 0.3) is 22.1 Å². The maximum absolute atomic E-state index is 12.8. The minimum Gasteiger partial charge on any atom is -0.390 e. The fourth-order valence-corrected chi connectivity index (χ4v) is 7.13. The number of imidazole rings is 1. The van der Waals surface area contributed by atoms with E-state index in [9.17, 15) is 18.6 Å². The van der Waals surface area contributed by atoms with Gasteiger partial charge in [-0.1, -0.05) is 26.8 Å². The summed E-state index contributed by atoms with van der Waals surface area (Å²) in [7, 11) is -3.51. The number of hydrogen-bond acceptors (Lipinski definition) is 8. The average Bonchev–Trinajstić information content (AvgIpc) is 3.39. The third-order valence-electron chi connectivity index (χ3n) is 8.93. The van der Waals surface area contributed by atoms with Crippen LogP contribution in [0.4, 0.5) is 5.82 Å². The molecule has 4 aromatic rings. The van der Waals surface area contributed by atoms with E-state index in [0.717, 1.165) is 47.3 Å². The summed E-state index contributed by atoms with van der Waals surface area (Å²) in [6, 6.07) is 8.27. The molecular formula is C31H43N7O4S. The predicted octanol–water partition coefficient (Wildman–Crippen LogP) is 3.75. The minimum absolute atomic E-state index is 0.0476. The monoisotopic (exact) mass is 609 g/mol. The van der Waals surface area contributed by atoms with E-state index in [1.165, 1.54) is 22.5 Å². The summed E-state index contributed by atoms with van der Waals surface area (Å²) in [5, 5.41) is 26.4. The summed E-state index contributed by atoms with van der Waals surface area (Å²) in [4.78, 5) is 17.0. The highest BCUT2D eigenvalue weighted by Crippen LogP contribution is 2.39. The number of unbranched alkanes of at least 4 members (excludes halogenated alkanes) is 1. The number of fused-ring (bicyclic) bond motifs is 2. The lowest BCUT2D eigenvalue weighted by Gasteiger charge is -2.25. The molecule has 6 rings (SSSR count). The molecule has 3 aromatic heterocycles. The molecule has 2 saturated carbocycles. The highest BCUT2D eigenvalue weighted by atomic mass is 32.2. The van der Waals surface area contributed by atoms with Crippen molar-refractivity contribution in [3.63, 3.8) is 0 Å². The van der Waals surface area contributed by atoms with Crippen LogP contribution in [0.1, 0.15) is 70.3 Å². The first-order valence-corrected chi connectivity index (χ1v) is 17.1. The summed E-state index contributed by atoms with van der Waals surface area (Å²) in [5.74, 6) is 1.25. The SMILES string of the molecule is CC(C)(C)c1ccc2[nH]c(CCCCN(C[C@H]3CC(n4ccc5c(NC6CC6)ncnc54)[C@H](O)C3O)S(C)(=O)=O)nc2c1. The second kappa shape index (κ2) is 11.5. The van der Waals surface area contributed by atoms with E-state index in [-0.39, 0.29) is 12.0 Å². The van der Waals surface area contributed by atoms with Crippen LogP contribution in [0, 0.1) is 5.92 Å². The number of aromatic amines is 1. The Hall–Kier alpha value is -3.06. The van der Waals surface area contributed by atoms with Crippen molar-refractivity contribution >= 4 is 37.9 Å². The van der Waals surface area contributed by atoms with Gasteiger partial charge in [-0.05, 0) is 61.3 Å². The number of nitrogens with one attached hydrogen (secondary N) is 2. The Morgan fingerprint density at radius 2 is 1.91 bits per heavy atom. The fraction of sp³-hybridized carbons (Fsp3) is 0.581. The van der Waals surface area contributed by atoms with Gasteiger partial charge in [0.1, 0.15) is 29.7 Å². The van der Waals surface area contributed by atoms with Gasteiger partial charge in [0.05, 0.1) is 34.8 Å². The Labute approximate surface area is 252 Å². The molecule has 2 aliphatic carbocycles. The second-order valence-electron chi connectivity index (χ2n) is 13.4. The molecule has 11 nitrogen and oxygen atoms in total. The summed E-state index contributed by atoms with van der Waals surface area (Å²) in [5.41, 5.74) is 3.92. The normalized spacial score (nSPS) is 23.1. The number of nitrogens with zero attached hydrogens (tertiary/aromatic N) is 5. The lowest BCUT2D eigenvalue weighted by molar-refractivity contribution is 0.00403. The van der Waals surface area contributed by atoms with Crippen molar-refractivity contribution in [1.29, 1.82) is 0 Å². The van der Waals surface area contributed by atoms with Gasteiger partial charge in [0.15, 0.2) is 0 Å². The molecule has 43 heavy (non-hydrogen) atoms. The summed E-state index contributed by atoms with van der Waals surface area (Å²) in [6.07, 6.45) is 7.31. The predicted molar refractivity (Wildman–Crippen MR) is 167 cm³/mol. The van der Waals surface area contributed by atoms with E-state index >= 15 is 0 Å². The molecule has 0 saturated heterocycles. The standard InChI is InChI=1S/C31H43N7O4S/c1-31(2,3)20-8-11-23-24(16-20)36-26(35-23)7-5-6-13-37(43(4,41)42)17-19-15-25(28(40)27(19)39)38-14-12-22-29(34-21-9-10-21)32-18-33-30(22)38/h8,11-12,14,16,18-19,21,25,27-28,39-40H,5-7,9-10,13,15,17H2,1-4H3,(H,35,36)(H,32,33,34)/t19-,25?,27?,28+/m1/s1. The van der Waals surface area contributed by atoms with Gasteiger partial charge in [0.2, 0.25) is 10.0 Å². The van der Waals surface area contributed by atoms with Crippen LogP contribution in [0.3, 0.4) is 0 Å². The van der Waals surface area contributed by atoms with E-state index < -0.39 is 34.2 Å². The maximum Gasteiger partial charge on any atom is 0.211 e. The molecule has 12 heteroatoms. The number of hydrogen-bond donors (Lipinski definition) is 4. The molecule has 2 fully saturated rings. The number of aryl methyl sites for hydroxylation is 1. The maximum atomic E-state index is 12.8. The summed E-state index contributed by atoms with van der Waals surface area (Å²) < 4.78 is 28.8. The van der Waals surface area contributed by atoms with Gasteiger partial charge in [-0.2, -0.15) is 0 Å². The highest BCUT2D eigenvalue weighted by molar-refractivity contribution is 7.88. The minimum atomic E-state index is -3.51. The van der Waals surface area contributed by atoms with Crippen molar-refractivity contribution in [2.45, 2.75) is 89.0 Å². The number of anilines is 1. The zero-order chi connectivity index (χ0) is 30.5. The third-order valence-corrected chi connectivity index (χ3v) is 10.2. The third kappa shape index (κ3) is 6.43. The van der Waals surface area contributed by atoms with Gasteiger partial charge in [0.25, 0.3) is 0 Å². The molecule has 0 bridgehead atoms.